The zero-order valence-corrected chi connectivity index (χ0v) is 9.81. The molecule has 0 spiro atoms. The summed E-state index contributed by atoms with van der Waals surface area (Å²) in [6.07, 6.45) is 2.61. The molecular formula is C14H13NO2. The number of nitrogens with zero attached hydrogens (tertiary/aromatic N) is 1. The molecule has 0 bridgehead atoms. The second kappa shape index (κ2) is 4.78. The van der Waals surface area contributed by atoms with E-state index in [1.807, 2.05) is 19.1 Å². The Labute approximate surface area is 100 Å². The van der Waals surface area contributed by atoms with E-state index >= 15 is 0 Å². The van der Waals surface area contributed by atoms with Gasteiger partial charge < -0.3 is 4.74 Å². The van der Waals surface area contributed by atoms with Gasteiger partial charge in [0, 0.05) is 17.3 Å². The van der Waals surface area contributed by atoms with Gasteiger partial charge in [0.2, 0.25) is 0 Å². The fourth-order valence-corrected chi connectivity index (χ4v) is 1.63. The number of pyridine rings is 1. The monoisotopic (exact) mass is 227 g/mol. The molecular weight excluding hydrogens is 214 g/mol. The topological polar surface area (TPSA) is 39.2 Å². The number of rotatable bonds is 3. The summed E-state index contributed by atoms with van der Waals surface area (Å²) in [6.45, 7) is 1.98. The Hall–Kier alpha value is -2.16. The molecule has 0 saturated carbocycles. The van der Waals surface area contributed by atoms with Crippen molar-refractivity contribution in [2.45, 2.75) is 6.92 Å². The van der Waals surface area contributed by atoms with E-state index < -0.39 is 0 Å². The average molecular weight is 227 g/mol. The highest BCUT2D eigenvalue weighted by Gasteiger charge is 2.07. The molecule has 0 unspecified atom stereocenters. The first-order chi connectivity index (χ1) is 8.24. The zero-order chi connectivity index (χ0) is 12.3. The van der Waals surface area contributed by atoms with Gasteiger partial charge in [-0.15, -0.1) is 0 Å². The van der Waals surface area contributed by atoms with E-state index in [2.05, 4.69) is 4.98 Å². The maximum Gasteiger partial charge on any atom is 0.150 e. The molecule has 0 N–H and O–H groups in total. The fraction of sp³-hybridized carbons (Fsp3) is 0.143. The summed E-state index contributed by atoms with van der Waals surface area (Å²) in [5.74, 6) is 0.715. The molecule has 1 aromatic carbocycles. The number of carbonyl (C=O) groups excluding carboxylic acids is 1. The fourth-order valence-electron chi connectivity index (χ4n) is 1.63. The summed E-state index contributed by atoms with van der Waals surface area (Å²) in [6, 6.07) is 9.19. The van der Waals surface area contributed by atoms with Gasteiger partial charge in [0.1, 0.15) is 12.0 Å². The van der Waals surface area contributed by atoms with Crippen LogP contribution in [0, 0.1) is 6.92 Å². The number of methoxy groups -OCH3 is 1. The van der Waals surface area contributed by atoms with Gasteiger partial charge in [-0.1, -0.05) is 6.07 Å². The first kappa shape index (κ1) is 11.3. The van der Waals surface area contributed by atoms with Crippen molar-refractivity contribution in [2.75, 3.05) is 7.11 Å². The van der Waals surface area contributed by atoms with Crippen molar-refractivity contribution in [1.82, 2.24) is 4.98 Å². The second-order valence-electron chi connectivity index (χ2n) is 3.80. The maximum absolute atomic E-state index is 10.8. The summed E-state index contributed by atoms with van der Waals surface area (Å²) in [5.41, 5.74) is 3.34. The lowest BCUT2D eigenvalue weighted by Crippen LogP contribution is -1.92. The van der Waals surface area contributed by atoms with Crippen molar-refractivity contribution in [1.29, 1.82) is 0 Å². The summed E-state index contributed by atoms with van der Waals surface area (Å²) >= 11 is 0. The quantitative estimate of drug-likeness (QED) is 0.757. The third-order valence-corrected chi connectivity index (χ3v) is 2.55. The summed E-state index contributed by atoms with van der Waals surface area (Å²) in [5, 5.41) is 0. The van der Waals surface area contributed by atoms with Gasteiger partial charge in [-0.3, -0.25) is 9.78 Å². The normalized spacial score (nSPS) is 10.0. The molecule has 0 atom stereocenters. The average Bonchev–Trinajstić information content (AvgIpc) is 2.39. The molecule has 86 valence electrons. The van der Waals surface area contributed by atoms with E-state index in [0.717, 1.165) is 23.1 Å². The van der Waals surface area contributed by atoms with Gasteiger partial charge in [-0.2, -0.15) is 0 Å². The van der Waals surface area contributed by atoms with Gasteiger partial charge in [0.05, 0.1) is 12.8 Å². The molecule has 1 heterocycles. The van der Waals surface area contributed by atoms with Crippen molar-refractivity contribution in [3.05, 3.63) is 47.7 Å². The molecule has 3 heteroatoms. The Morgan fingerprint density at radius 1 is 1.24 bits per heavy atom. The SMILES string of the molecule is COc1ccc(C=O)cc1-c1ccc(C)cn1. The van der Waals surface area contributed by atoms with Gasteiger partial charge in [-0.25, -0.2) is 0 Å². The first-order valence-corrected chi connectivity index (χ1v) is 5.31. The first-order valence-electron chi connectivity index (χ1n) is 5.31. The maximum atomic E-state index is 10.8. The minimum Gasteiger partial charge on any atom is -0.496 e. The molecule has 17 heavy (non-hydrogen) atoms. The highest BCUT2D eigenvalue weighted by Crippen LogP contribution is 2.29. The van der Waals surface area contributed by atoms with Crippen LogP contribution in [-0.4, -0.2) is 18.4 Å². The van der Waals surface area contributed by atoms with Gasteiger partial charge in [-0.05, 0) is 36.8 Å². The molecule has 0 radical (unpaired) electrons. The number of carbonyl (C=O) groups is 1. The van der Waals surface area contributed by atoms with E-state index in [9.17, 15) is 4.79 Å². The Kier molecular flexibility index (Phi) is 3.19. The van der Waals surface area contributed by atoms with Crippen LogP contribution in [0.5, 0.6) is 5.75 Å². The molecule has 2 aromatic rings. The number of aryl methyl sites for hydroxylation is 1. The van der Waals surface area contributed by atoms with Crippen LogP contribution >= 0.6 is 0 Å². The van der Waals surface area contributed by atoms with Gasteiger partial charge in [0.25, 0.3) is 0 Å². The summed E-state index contributed by atoms with van der Waals surface area (Å²) < 4.78 is 5.27. The number of ether oxygens (including phenoxy) is 1. The van der Waals surface area contributed by atoms with Gasteiger partial charge in [0.15, 0.2) is 0 Å². The molecule has 0 amide bonds. The van der Waals surface area contributed by atoms with E-state index in [1.165, 1.54) is 0 Å². The molecule has 3 nitrogen and oxygen atoms in total. The van der Waals surface area contributed by atoms with Crippen LogP contribution in [0.25, 0.3) is 11.3 Å². The molecule has 0 aliphatic rings. The molecule has 0 aliphatic heterocycles. The summed E-state index contributed by atoms with van der Waals surface area (Å²) in [4.78, 5) is 15.1. The van der Waals surface area contributed by atoms with Crippen molar-refractivity contribution >= 4 is 6.29 Å². The van der Waals surface area contributed by atoms with Gasteiger partial charge >= 0.3 is 0 Å². The minimum absolute atomic E-state index is 0.614. The Morgan fingerprint density at radius 2 is 2.06 bits per heavy atom. The van der Waals surface area contributed by atoms with Crippen LogP contribution in [0.15, 0.2) is 36.5 Å². The third kappa shape index (κ3) is 2.33. The van der Waals surface area contributed by atoms with E-state index in [1.54, 1.807) is 31.5 Å². The second-order valence-corrected chi connectivity index (χ2v) is 3.80. The molecule has 1 aromatic heterocycles. The van der Waals surface area contributed by atoms with E-state index in [4.69, 9.17) is 4.74 Å². The highest BCUT2D eigenvalue weighted by atomic mass is 16.5. The van der Waals surface area contributed by atoms with Crippen LogP contribution < -0.4 is 4.74 Å². The van der Waals surface area contributed by atoms with E-state index in [0.29, 0.717) is 11.3 Å². The standard InChI is InChI=1S/C14H13NO2/c1-10-3-5-13(15-8-10)12-7-11(9-16)4-6-14(12)17-2/h3-9H,1-2H3. The Morgan fingerprint density at radius 3 is 2.65 bits per heavy atom. The Balaban J connectivity index is 2.55. The number of aromatic nitrogens is 1. The van der Waals surface area contributed by atoms with Crippen LogP contribution in [0.4, 0.5) is 0 Å². The Bertz CT molecular complexity index is 532. The van der Waals surface area contributed by atoms with Crippen molar-refractivity contribution in [2.24, 2.45) is 0 Å². The largest absolute Gasteiger partial charge is 0.496 e. The molecule has 0 aliphatic carbocycles. The van der Waals surface area contributed by atoms with Crippen LogP contribution in [0.2, 0.25) is 0 Å². The lowest BCUT2D eigenvalue weighted by molar-refractivity contribution is 0.112. The number of aldehydes is 1. The number of hydrogen-bond acceptors (Lipinski definition) is 3. The van der Waals surface area contributed by atoms with Crippen LogP contribution in [0.3, 0.4) is 0 Å². The predicted octanol–water partition coefficient (Wildman–Crippen LogP) is 2.88. The third-order valence-electron chi connectivity index (χ3n) is 2.55. The van der Waals surface area contributed by atoms with Crippen LogP contribution in [0.1, 0.15) is 15.9 Å². The van der Waals surface area contributed by atoms with Crippen molar-refractivity contribution in [3.8, 4) is 17.0 Å². The lowest BCUT2D eigenvalue weighted by Gasteiger charge is -2.08. The van der Waals surface area contributed by atoms with Crippen molar-refractivity contribution in [3.63, 3.8) is 0 Å². The predicted molar refractivity (Wildman–Crippen MR) is 66.3 cm³/mol. The molecule has 0 saturated heterocycles. The lowest BCUT2D eigenvalue weighted by atomic mass is 10.1. The van der Waals surface area contributed by atoms with E-state index in [-0.39, 0.29) is 0 Å². The van der Waals surface area contributed by atoms with Crippen molar-refractivity contribution < 1.29 is 9.53 Å². The summed E-state index contributed by atoms with van der Waals surface area (Å²) in [7, 11) is 1.60. The minimum atomic E-state index is 0.614. The highest BCUT2D eigenvalue weighted by molar-refractivity contribution is 5.80. The molecule has 2 rings (SSSR count). The zero-order valence-electron chi connectivity index (χ0n) is 9.81. The van der Waals surface area contributed by atoms with Crippen LogP contribution in [-0.2, 0) is 0 Å². The smallest absolute Gasteiger partial charge is 0.150 e. The number of hydrogen-bond donors (Lipinski definition) is 0. The number of benzene rings is 1. The molecule has 0 fully saturated rings.